The van der Waals surface area contributed by atoms with Gasteiger partial charge in [0.15, 0.2) is 0 Å². The first-order valence-corrected chi connectivity index (χ1v) is 9.80. The number of ether oxygens (including phenoxy) is 1. The molecule has 0 aliphatic rings. The summed E-state index contributed by atoms with van der Waals surface area (Å²) in [4.78, 5) is 18.1. The third-order valence-corrected chi connectivity index (χ3v) is 3.71. The van der Waals surface area contributed by atoms with Crippen LogP contribution in [0.4, 0.5) is 4.79 Å². The van der Waals surface area contributed by atoms with Crippen molar-refractivity contribution in [1.29, 1.82) is 0 Å². The number of hydroxylamine groups is 2. The Morgan fingerprint density at radius 1 is 1.00 bits per heavy atom. The molecule has 2 aromatic carbocycles. The smallest absolute Gasteiger partial charge is 0.434 e. The molecule has 0 aliphatic carbocycles. The Bertz CT molecular complexity index is 827. The van der Waals surface area contributed by atoms with Crippen LogP contribution in [0.2, 0.25) is 0 Å². The van der Waals surface area contributed by atoms with E-state index in [1.807, 2.05) is 93.6 Å². The highest BCUT2D eigenvalue weighted by atomic mass is 16.7. The van der Waals surface area contributed by atoms with Gasteiger partial charge in [-0.3, -0.25) is 4.84 Å². The van der Waals surface area contributed by atoms with Crippen molar-refractivity contribution in [1.82, 2.24) is 5.06 Å². The van der Waals surface area contributed by atoms with Crippen molar-refractivity contribution in [3.8, 4) is 11.8 Å². The van der Waals surface area contributed by atoms with Crippen LogP contribution in [0.25, 0.3) is 0 Å². The van der Waals surface area contributed by atoms with E-state index in [1.165, 1.54) is 5.06 Å². The van der Waals surface area contributed by atoms with E-state index in [0.717, 1.165) is 24.0 Å². The molecule has 0 radical (unpaired) electrons. The zero-order chi connectivity index (χ0) is 21.0. The first kappa shape index (κ1) is 22.3. The Hall–Kier alpha value is -3.03. The average molecular weight is 392 g/mol. The number of carbonyl (C=O) groups is 1. The second kappa shape index (κ2) is 11.7. The van der Waals surface area contributed by atoms with Crippen molar-refractivity contribution >= 4 is 6.09 Å². The number of hydrogen-bond acceptors (Lipinski definition) is 3. The molecule has 2 rings (SSSR count). The Morgan fingerprint density at radius 2 is 1.66 bits per heavy atom. The molecule has 29 heavy (non-hydrogen) atoms. The third kappa shape index (κ3) is 9.64. The predicted octanol–water partition coefficient (Wildman–Crippen LogP) is 5.74. The minimum Gasteiger partial charge on any atom is -0.442 e. The van der Waals surface area contributed by atoms with Crippen LogP contribution < -0.4 is 0 Å². The molecule has 0 bridgehead atoms. The molecule has 0 aromatic heterocycles. The zero-order valence-electron chi connectivity index (χ0n) is 17.4. The predicted molar refractivity (Wildman–Crippen MR) is 116 cm³/mol. The van der Waals surface area contributed by atoms with Gasteiger partial charge in [-0.15, -0.1) is 0 Å². The summed E-state index contributed by atoms with van der Waals surface area (Å²) < 4.78 is 5.44. The van der Waals surface area contributed by atoms with E-state index in [9.17, 15) is 4.79 Å². The minimum absolute atomic E-state index is 0.302. The minimum atomic E-state index is -0.581. The number of amides is 1. The van der Waals surface area contributed by atoms with Gasteiger partial charge in [0.1, 0.15) is 12.2 Å². The fraction of sp³-hybridized carbons (Fsp3) is 0.320. The molecule has 0 saturated heterocycles. The van der Waals surface area contributed by atoms with Gasteiger partial charge >= 0.3 is 6.09 Å². The maximum atomic E-state index is 12.4. The molecule has 0 N–H and O–H groups in total. The van der Waals surface area contributed by atoms with E-state index in [4.69, 9.17) is 9.57 Å². The number of carbonyl (C=O) groups excluding carboxylic acids is 1. The summed E-state index contributed by atoms with van der Waals surface area (Å²) in [6.07, 6.45) is 4.97. The summed E-state index contributed by atoms with van der Waals surface area (Å²) in [5, 5.41) is 1.25. The van der Waals surface area contributed by atoms with E-state index < -0.39 is 11.7 Å². The van der Waals surface area contributed by atoms with Crippen LogP contribution in [0.15, 0.2) is 72.8 Å². The Kier molecular flexibility index (Phi) is 9.01. The Labute approximate surface area is 174 Å². The second-order valence-electron chi connectivity index (χ2n) is 7.48. The molecular weight excluding hydrogens is 362 g/mol. The van der Waals surface area contributed by atoms with Crippen molar-refractivity contribution < 1.29 is 14.4 Å². The number of allylic oxidation sites excluding steroid dienone is 1. The molecule has 2 aromatic rings. The van der Waals surface area contributed by atoms with Crippen LogP contribution in [0.5, 0.6) is 0 Å². The zero-order valence-corrected chi connectivity index (χ0v) is 17.4. The Morgan fingerprint density at radius 3 is 2.31 bits per heavy atom. The van der Waals surface area contributed by atoms with Crippen molar-refractivity contribution in [2.75, 3.05) is 6.54 Å². The van der Waals surface area contributed by atoms with Gasteiger partial charge in [0.25, 0.3) is 0 Å². The van der Waals surface area contributed by atoms with Crippen LogP contribution in [0, 0.1) is 11.8 Å². The number of benzene rings is 2. The van der Waals surface area contributed by atoms with E-state index >= 15 is 0 Å². The summed E-state index contributed by atoms with van der Waals surface area (Å²) in [5.41, 5.74) is 1.42. The quantitative estimate of drug-likeness (QED) is 0.261. The summed E-state index contributed by atoms with van der Waals surface area (Å²) in [6.45, 7) is 6.12. The molecule has 0 heterocycles. The SMILES string of the molecule is CC(C)(C)OC(=O)N(C/C=C/CCC#Cc1ccccc1)OCc1ccccc1. The van der Waals surface area contributed by atoms with Gasteiger partial charge in [0.2, 0.25) is 0 Å². The molecule has 1 amide bonds. The largest absolute Gasteiger partial charge is 0.442 e. The first-order chi connectivity index (χ1) is 13.9. The van der Waals surface area contributed by atoms with E-state index in [0.29, 0.717) is 13.2 Å². The van der Waals surface area contributed by atoms with Crippen molar-refractivity contribution in [2.24, 2.45) is 0 Å². The molecular formula is C25H29NO3. The summed E-state index contributed by atoms with van der Waals surface area (Å²) >= 11 is 0. The van der Waals surface area contributed by atoms with Gasteiger partial charge < -0.3 is 4.74 Å². The van der Waals surface area contributed by atoms with Crippen LogP contribution in [-0.4, -0.2) is 23.3 Å². The molecule has 152 valence electrons. The maximum Gasteiger partial charge on any atom is 0.434 e. The van der Waals surface area contributed by atoms with Crippen LogP contribution >= 0.6 is 0 Å². The van der Waals surface area contributed by atoms with Gasteiger partial charge in [-0.05, 0) is 44.9 Å². The van der Waals surface area contributed by atoms with Gasteiger partial charge in [-0.2, -0.15) is 5.06 Å². The normalized spacial score (nSPS) is 11.0. The van der Waals surface area contributed by atoms with Gasteiger partial charge in [-0.25, -0.2) is 4.79 Å². The summed E-state index contributed by atoms with van der Waals surface area (Å²) in [6, 6.07) is 19.6. The van der Waals surface area contributed by atoms with E-state index in [2.05, 4.69) is 11.8 Å². The summed E-state index contributed by atoms with van der Waals surface area (Å²) in [7, 11) is 0. The molecule has 0 fully saturated rings. The summed E-state index contributed by atoms with van der Waals surface area (Å²) in [5.74, 6) is 6.29. The highest BCUT2D eigenvalue weighted by molar-refractivity contribution is 5.67. The molecule has 0 aliphatic heterocycles. The van der Waals surface area contributed by atoms with Gasteiger partial charge in [0.05, 0.1) is 6.54 Å². The van der Waals surface area contributed by atoms with Crippen LogP contribution in [0.3, 0.4) is 0 Å². The van der Waals surface area contributed by atoms with E-state index in [-0.39, 0.29) is 0 Å². The highest BCUT2D eigenvalue weighted by Crippen LogP contribution is 2.12. The number of unbranched alkanes of at least 4 members (excludes halogenated alkanes) is 1. The lowest BCUT2D eigenvalue weighted by Gasteiger charge is -2.26. The first-order valence-electron chi connectivity index (χ1n) is 9.80. The van der Waals surface area contributed by atoms with Crippen LogP contribution in [0.1, 0.15) is 44.7 Å². The molecule has 0 spiro atoms. The topological polar surface area (TPSA) is 38.8 Å². The molecule has 0 atom stereocenters. The average Bonchev–Trinajstić information content (AvgIpc) is 2.69. The van der Waals surface area contributed by atoms with Crippen molar-refractivity contribution in [3.05, 3.63) is 83.9 Å². The standard InChI is InChI=1S/C25H29NO3/c1-25(2,3)29-24(27)26(28-21-23-18-12-8-13-19-23)20-14-6-4-5-9-15-22-16-10-7-11-17-22/h6-8,10-14,16-19H,4-5,20-21H2,1-3H3/b14-6+. The molecule has 4 nitrogen and oxygen atoms in total. The lowest BCUT2D eigenvalue weighted by molar-refractivity contribution is -0.149. The Balaban J connectivity index is 1.84. The van der Waals surface area contributed by atoms with Gasteiger partial charge in [-0.1, -0.05) is 72.5 Å². The van der Waals surface area contributed by atoms with Crippen molar-refractivity contribution in [3.63, 3.8) is 0 Å². The van der Waals surface area contributed by atoms with Crippen LogP contribution in [-0.2, 0) is 16.2 Å². The monoisotopic (exact) mass is 391 g/mol. The number of nitrogens with zero attached hydrogens (tertiary/aromatic N) is 1. The fourth-order valence-corrected chi connectivity index (χ4v) is 2.35. The van der Waals surface area contributed by atoms with Gasteiger partial charge in [0, 0.05) is 12.0 Å². The third-order valence-electron chi connectivity index (χ3n) is 3.71. The molecule has 0 saturated carbocycles. The fourth-order valence-electron chi connectivity index (χ4n) is 2.35. The number of hydrogen-bond donors (Lipinski definition) is 0. The lowest BCUT2D eigenvalue weighted by Crippen LogP contribution is -2.37. The number of rotatable bonds is 7. The molecule has 4 heteroatoms. The van der Waals surface area contributed by atoms with E-state index in [1.54, 1.807) is 0 Å². The lowest BCUT2D eigenvalue weighted by atomic mass is 10.2. The van der Waals surface area contributed by atoms with Crippen molar-refractivity contribution in [2.45, 2.75) is 45.8 Å². The second-order valence-corrected chi connectivity index (χ2v) is 7.48. The highest BCUT2D eigenvalue weighted by Gasteiger charge is 2.22. The molecule has 0 unspecified atom stereocenters. The maximum absolute atomic E-state index is 12.4.